The standard InChI is InChI=1S/C28H29ClN4O4/c1-4-33(5-2)21-13-10-19(11-14-21)16-24(31-27(35)22-8-6-7-9-23(22)29)28(36)32-30-18-20-12-15-25(34)26(17-20)37-3/h6-18,34H,4-5H2,1-3H3,(H,31,35)(H,32,36). The van der Waals surface area contributed by atoms with Crippen molar-refractivity contribution in [2.24, 2.45) is 5.10 Å². The van der Waals surface area contributed by atoms with E-state index in [1.165, 1.54) is 19.4 Å². The summed E-state index contributed by atoms with van der Waals surface area (Å²) in [5, 5.41) is 16.6. The Labute approximate surface area is 221 Å². The number of nitrogens with one attached hydrogen (secondary N) is 2. The Morgan fingerprint density at radius 2 is 1.70 bits per heavy atom. The lowest BCUT2D eigenvalue weighted by atomic mass is 10.1. The molecular weight excluding hydrogens is 492 g/mol. The lowest BCUT2D eigenvalue weighted by molar-refractivity contribution is -0.117. The molecule has 0 saturated carbocycles. The third kappa shape index (κ3) is 7.35. The van der Waals surface area contributed by atoms with Crippen LogP contribution < -0.4 is 20.4 Å². The molecule has 0 aliphatic carbocycles. The van der Waals surface area contributed by atoms with Crippen LogP contribution in [-0.4, -0.2) is 43.3 Å². The Bertz CT molecular complexity index is 1300. The van der Waals surface area contributed by atoms with Gasteiger partial charge in [0.05, 0.1) is 23.9 Å². The number of carbonyl (C=O) groups excluding carboxylic acids is 2. The van der Waals surface area contributed by atoms with Gasteiger partial charge in [0.2, 0.25) is 0 Å². The van der Waals surface area contributed by atoms with Crippen LogP contribution in [0.1, 0.15) is 35.3 Å². The lowest BCUT2D eigenvalue weighted by Crippen LogP contribution is -2.33. The van der Waals surface area contributed by atoms with Crippen LogP contribution in [0.4, 0.5) is 5.69 Å². The van der Waals surface area contributed by atoms with E-state index in [0.29, 0.717) is 11.1 Å². The second-order valence-corrected chi connectivity index (χ2v) is 8.29. The van der Waals surface area contributed by atoms with Crippen molar-refractivity contribution in [2.45, 2.75) is 13.8 Å². The fraction of sp³-hybridized carbons (Fsp3) is 0.179. The van der Waals surface area contributed by atoms with E-state index in [1.54, 1.807) is 42.5 Å². The number of benzene rings is 3. The number of hydrazone groups is 1. The smallest absolute Gasteiger partial charge is 0.287 e. The average molecular weight is 521 g/mol. The third-order valence-corrected chi connectivity index (χ3v) is 5.86. The van der Waals surface area contributed by atoms with Crippen LogP contribution in [0, 0.1) is 0 Å². The van der Waals surface area contributed by atoms with Crippen LogP contribution in [0.3, 0.4) is 0 Å². The van der Waals surface area contributed by atoms with Gasteiger partial charge in [0.15, 0.2) is 11.5 Å². The van der Waals surface area contributed by atoms with Crippen molar-refractivity contribution in [2.75, 3.05) is 25.1 Å². The number of rotatable bonds is 10. The highest BCUT2D eigenvalue weighted by Gasteiger charge is 2.16. The minimum absolute atomic E-state index is 0.0109. The number of hydrogen-bond acceptors (Lipinski definition) is 6. The first-order valence-corrected chi connectivity index (χ1v) is 12.1. The number of nitrogens with zero attached hydrogens (tertiary/aromatic N) is 2. The normalized spacial score (nSPS) is 11.3. The van der Waals surface area contributed by atoms with E-state index in [-0.39, 0.29) is 27.8 Å². The molecule has 192 valence electrons. The molecule has 2 amide bonds. The van der Waals surface area contributed by atoms with E-state index in [1.807, 2.05) is 24.3 Å². The minimum atomic E-state index is -0.629. The average Bonchev–Trinajstić information content (AvgIpc) is 2.91. The highest BCUT2D eigenvalue weighted by Crippen LogP contribution is 2.25. The second-order valence-electron chi connectivity index (χ2n) is 7.89. The maximum absolute atomic E-state index is 13.0. The van der Waals surface area contributed by atoms with Gasteiger partial charge in [-0.25, -0.2) is 5.43 Å². The van der Waals surface area contributed by atoms with Gasteiger partial charge in [0, 0.05) is 18.8 Å². The fourth-order valence-corrected chi connectivity index (χ4v) is 3.75. The molecule has 0 bridgehead atoms. The number of hydrogen-bond donors (Lipinski definition) is 3. The third-order valence-electron chi connectivity index (χ3n) is 5.53. The molecule has 3 N–H and O–H groups in total. The van der Waals surface area contributed by atoms with Gasteiger partial charge in [-0.2, -0.15) is 5.10 Å². The van der Waals surface area contributed by atoms with E-state index < -0.39 is 11.8 Å². The molecule has 8 nitrogen and oxygen atoms in total. The van der Waals surface area contributed by atoms with Gasteiger partial charge in [-0.1, -0.05) is 35.9 Å². The Morgan fingerprint density at radius 1 is 1.03 bits per heavy atom. The summed E-state index contributed by atoms with van der Waals surface area (Å²) in [4.78, 5) is 28.1. The molecule has 0 spiro atoms. The highest BCUT2D eigenvalue weighted by molar-refractivity contribution is 6.34. The van der Waals surface area contributed by atoms with Crippen molar-refractivity contribution in [1.82, 2.24) is 10.7 Å². The van der Waals surface area contributed by atoms with Crippen molar-refractivity contribution >= 4 is 41.4 Å². The quantitative estimate of drug-likeness (QED) is 0.202. The number of anilines is 1. The molecular formula is C28H29ClN4O4. The molecule has 0 fully saturated rings. The van der Waals surface area contributed by atoms with Gasteiger partial charge in [0.1, 0.15) is 5.70 Å². The number of ether oxygens (including phenoxy) is 1. The highest BCUT2D eigenvalue weighted by atomic mass is 35.5. The Balaban J connectivity index is 1.85. The van der Waals surface area contributed by atoms with Crippen molar-refractivity contribution in [3.05, 3.63) is 94.1 Å². The van der Waals surface area contributed by atoms with Crippen LogP contribution in [0.25, 0.3) is 6.08 Å². The maximum Gasteiger partial charge on any atom is 0.287 e. The zero-order valence-corrected chi connectivity index (χ0v) is 21.6. The van der Waals surface area contributed by atoms with Crippen molar-refractivity contribution in [3.63, 3.8) is 0 Å². The summed E-state index contributed by atoms with van der Waals surface area (Å²) < 4.78 is 5.08. The minimum Gasteiger partial charge on any atom is -0.504 e. The fourth-order valence-electron chi connectivity index (χ4n) is 3.53. The predicted octanol–water partition coefficient (Wildman–Crippen LogP) is 4.82. The summed E-state index contributed by atoms with van der Waals surface area (Å²) in [5.41, 5.74) is 5.01. The van der Waals surface area contributed by atoms with Gasteiger partial charge in [-0.05, 0) is 73.5 Å². The molecule has 0 aromatic heterocycles. The Kier molecular flexibility index (Phi) is 9.69. The van der Waals surface area contributed by atoms with Gasteiger partial charge < -0.3 is 20.1 Å². The summed E-state index contributed by atoms with van der Waals surface area (Å²) in [6.07, 6.45) is 2.96. The van der Waals surface area contributed by atoms with Crippen molar-refractivity contribution in [3.8, 4) is 11.5 Å². The summed E-state index contributed by atoms with van der Waals surface area (Å²) >= 11 is 6.17. The molecule has 0 atom stereocenters. The molecule has 3 aromatic carbocycles. The van der Waals surface area contributed by atoms with E-state index in [2.05, 4.69) is 34.6 Å². The van der Waals surface area contributed by atoms with Gasteiger partial charge in [-0.15, -0.1) is 0 Å². The maximum atomic E-state index is 13.0. The van der Waals surface area contributed by atoms with Crippen molar-refractivity contribution < 1.29 is 19.4 Å². The molecule has 0 aliphatic heterocycles. The van der Waals surface area contributed by atoms with Gasteiger partial charge in [-0.3, -0.25) is 9.59 Å². The summed E-state index contributed by atoms with van der Waals surface area (Å²) in [7, 11) is 1.44. The summed E-state index contributed by atoms with van der Waals surface area (Å²) in [6, 6.07) is 18.9. The van der Waals surface area contributed by atoms with Gasteiger partial charge in [0.25, 0.3) is 11.8 Å². The number of phenols is 1. The number of phenolic OH excluding ortho intramolecular Hbond substituents is 1. The monoisotopic (exact) mass is 520 g/mol. The Hall–Kier alpha value is -4.30. The molecule has 0 unspecified atom stereocenters. The number of aromatic hydroxyl groups is 1. The molecule has 0 heterocycles. The molecule has 37 heavy (non-hydrogen) atoms. The summed E-state index contributed by atoms with van der Waals surface area (Å²) in [6.45, 7) is 5.91. The van der Waals surface area contributed by atoms with Crippen LogP contribution in [0.5, 0.6) is 11.5 Å². The number of carbonyl (C=O) groups is 2. The topological polar surface area (TPSA) is 103 Å². The molecule has 0 saturated heterocycles. The number of amides is 2. The predicted molar refractivity (Wildman–Crippen MR) is 147 cm³/mol. The Morgan fingerprint density at radius 3 is 2.35 bits per heavy atom. The zero-order chi connectivity index (χ0) is 26.8. The van der Waals surface area contributed by atoms with E-state index in [4.69, 9.17) is 16.3 Å². The first kappa shape index (κ1) is 27.3. The SMILES string of the molecule is CCN(CC)c1ccc(C=C(NC(=O)c2ccccc2Cl)C(=O)NN=Cc2ccc(O)c(OC)c2)cc1. The number of methoxy groups -OCH3 is 1. The largest absolute Gasteiger partial charge is 0.504 e. The molecule has 3 aromatic rings. The first-order chi connectivity index (χ1) is 17.9. The van der Waals surface area contributed by atoms with Crippen molar-refractivity contribution in [1.29, 1.82) is 0 Å². The molecule has 3 rings (SSSR count). The van der Waals surface area contributed by atoms with E-state index in [9.17, 15) is 14.7 Å². The molecule has 0 aliphatic rings. The first-order valence-electron chi connectivity index (χ1n) is 11.7. The lowest BCUT2D eigenvalue weighted by Gasteiger charge is -2.21. The van der Waals surface area contributed by atoms with Crippen LogP contribution in [0.15, 0.2) is 77.5 Å². The second kappa shape index (κ2) is 13.1. The van der Waals surface area contributed by atoms with Crippen LogP contribution in [0.2, 0.25) is 5.02 Å². The number of halogens is 1. The summed E-state index contributed by atoms with van der Waals surface area (Å²) in [5.74, 6) is -0.895. The van der Waals surface area contributed by atoms with Crippen LogP contribution in [-0.2, 0) is 4.79 Å². The van der Waals surface area contributed by atoms with Crippen LogP contribution >= 0.6 is 11.6 Å². The van der Waals surface area contributed by atoms with Gasteiger partial charge >= 0.3 is 0 Å². The van der Waals surface area contributed by atoms with E-state index in [0.717, 1.165) is 18.8 Å². The zero-order valence-electron chi connectivity index (χ0n) is 20.9. The van der Waals surface area contributed by atoms with E-state index >= 15 is 0 Å². The molecule has 9 heteroatoms. The molecule has 0 radical (unpaired) electrons.